The number of anilines is 2. The lowest BCUT2D eigenvalue weighted by Gasteiger charge is -2.19. The van der Waals surface area contributed by atoms with Crippen LogP contribution in [0, 0.1) is 6.92 Å². The molecular weight excluding hydrogens is 446 g/mol. The Balaban J connectivity index is 1.44. The molecule has 4 heterocycles. The van der Waals surface area contributed by atoms with Gasteiger partial charge in [0, 0.05) is 46.8 Å². The van der Waals surface area contributed by atoms with Crippen molar-refractivity contribution in [1.29, 1.82) is 0 Å². The van der Waals surface area contributed by atoms with Crippen molar-refractivity contribution in [3.05, 3.63) is 76.7 Å². The Hall–Kier alpha value is -3.85. The van der Waals surface area contributed by atoms with Gasteiger partial charge in [0.2, 0.25) is 5.95 Å². The van der Waals surface area contributed by atoms with Crippen LogP contribution in [0.5, 0.6) is 0 Å². The van der Waals surface area contributed by atoms with Crippen molar-refractivity contribution in [3.8, 4) is 16.3 Å². The molecule has 4 aromatic heterocycles. The third-order valence-corrected chi connectivity index (χ3v) is 7.17. The van der Waals surface area contributed by atoms with Crippen LogP contribution in [-0.2, 0) is 0 Å². The first-order valence-electron chi connectivity index (χ1n) is 11.4. The molecule has 0 amide bonds. The van der Waals surface area contributed by atoms with Gasteiger partial charge in [-0.25, -0.2) is 15.0 Å². The maximum atomic E-state index is 13.6. The van der Waals surface area contributed by atoms with E-state index < -0.39 is 0 Å². The minimum atomic E-state index is -0.0249. The van der Waals surface area contributed by atoms with Crippen molar-refractivity contribution in [3.63, 3.8) is 0 Å². The predicted octanol–water partition coefficient (Wildman–Crippen LogP) is 5.27. The van der Waals surface area contributed by atoms with Gasteiger partial charge in [0.25, 0.3) is 5.56 Å². The summed E-state index contributed by atoms with van der Waals surface area (Å²) in [5.74, 6) is 0.480. The zero-order valence-corrected chi connectivity index (χ0v) is 19.5. The molecule has 6 rings (SSSR count). The summed E-state index contributed by atoms with van der Waals surface area (Å²) in [4.78, 5) is 31.7. The number of nitrogens with one attached hydrogen (secondary N) is 1. The molecule has 0 bridgehead atoms. The van der Waals surface area contributed by atoms with E-state index in [1.807, 2.05) is 58.0 Å². The molecule has 1 fully saturated rings. The SMILES string of the molecule is Cc1nc(Nc2ccc(-n3ccnc3)cc2)nc2c1cc(-c1nccs1)c(=O)n2C1CCCC1. The highest BCUT2D eigenvalue weighted by Crippen LogP contribution is 2.33. The smallest absolute Gasteiger partial charge is 0.262 e. The molecule has 1 aromatic carbocycles. The number of pyridine rings is 1. The van der Waals surface area contributed by atoms with E-state index in [4.69, 9.17) is 9.97 Å². The van der Waals surface area contributed by atoms with Crippen molar-refractivity contribution >= 4 is 34.0 Å². The fraction of sp³-hybridized carbons (Fsp3) is 0.240. The average molecular weight is 470 g/mol. The second-order valence-electron chi connectivity index (χ2n) is 8.52. The van der Waals surface area contributed by atoms with Crippen LogP contribution in [0.25, 0.3) is 27.3 Å². The van der Waals surface area contributed by atoms with Crippen LogP contribution >= 0.6 is 11.3 Å². The Labute approximate surface area is 200 Å². The molecule has 0 unspecified atom stereocenters. The Morgan fingerprint density at radius 2 is 1.91 bits per heavy atom. The van der Waals surface area contributed by atoms with Crippen LogP contribution in [0.2, 0.25) is 0 Å². The summed E-state index contributed by atoms with van der Waals surface area (Å²) >= 11 is 1.48. The first kappa shape index (κ1) is 20.7. The lowest BCUT2D eigenvalue weighted by atomic mass is 10.1. The summed E-state index contributed by atoms with van der Waals surface area (Å²) < 4.78 is 3.84. The highest BCUT2D eigenvalue weighted by molar-refractivity contribution is 7.13. The predicted molar refractivity (Wildman–Crippen MR) is 134 cm³/mol. The number of aromatic nitrogens is 6. The largest absolute Gasteiger partial charge is 0.324 e. The molecule has 0 saturated heterocycles. The number of fused-ring (bicyclic) bond motifs is 1. The number of nitrogens with zero attached hydrogens (tertiary/aromatic N) is 6. The van der Waals surface area contributed by atoms with Gasteiger partial charge >= 0.3 is 0 Å². The monoisotopic (exact) mass is 469 g/mol. The quantitative estimate of drug-likeness (QED) is 0.377. The van der Waals surface area contributed by atoms with E-state index in [1.165, 1.54) is 11.3 Å². The molecule has 0 atom stereocenters. The van der Waals surface area contributed by atoms with Crippen molar-refractivity contribution in [2.45, 2.75) is 38.6 Å². The maximum Gasteiger partial charge on any atom is 0.262 e. The van der Waals surface area contributed by atoms with Crippen molar-refractivity contribution in [2.24, 2.45) is 0 Å². The van der Waals surface area contributed by atoms with E-state index in [0.717, 1.165) is 53.1 Å². The van der Waals surface area contributed by atoms with Gasteiger partial charge in [-0.2, -0.15) is 4.98 Å². The van der Waals surface area contributed by atoms with Crippen LogP contribution in [0.4, 0.5) is 11.6 Å². The summed E-state index contributed by atoms with van der Waals surface area (Å²) in [5.41, 5.74) is 3.99. The molecule has 0 spiro atoms. The standard InChI is InChI=1S/C25H23N7OS/c1-16-20-14-21(23-27-11-13-34-23)24(33)32(19-4-2-3-5-19)22(20)30-25(28-16)29-17-6-8-18(9-7-17)31-12-10-26-15-31/h6-15,19H,2-5H2,1H3,(H,28,29,30). The molecule has 9 heteroatoms. The van der Waals surface area contributed by atoms with Crippen LogP contribution < -0.4 is 10.9 Å². The summed E-state index contributed by atoms with van der Waals surface area (Å²) in [7, 11) is 0. The minimum absolute atomic E-state index is 0.0249. The molecule has 8 nitrogen and oxygen atoms in total. The molecule has 0 radical (unpaired) electrons. The Kier molecular flexibility index (Phi) is 5.18. The molecule has 1 aliphatic carbocycles. The van der Waals surface area contributed by atoms with Gasteiger partial charge in [-0.15, -0.1) is 11.3 Å². The minimum Gasteiger partial charge on any atom is -0.324 e. The van der Waals surface area contributed by atoms with Gasteiger partial charge in [0.1, 0.15) is 10.7 Å². The summed E-state index contributed by atoms with van der Waals surface area (Å²) in [5, 5.41) is 6.83. The number of benzene rings is 1. The van der Waals surface area contributed by atoms with Crippen LogP contribution in [0.1, 0.15) is 37.4 Å². The van der Waals surface area contributed by atoms with Crippen molar-refractivity contribution in [2.75, 3.05) is 5.32 Å². The van der Waals surface area contributed by atoms with Crippen LogP contribution in [0.3, 0.4) is 0 Å². The first-order valence-corrected chi connectivity index (χ1v) is 12.2. The Morgan fingerprint density at radius 3 is 2.62 bits per heavy atom. The van der Waals surface area contributed by atoms with Crippen molar-refractivity contribution < 1.29 is 0 Å². The number of hydrogen-bond acceptors (Lipinski definition) is 7. The number of hydrogen-bond donors (Lipinski definition) is 1. The van der Waals surface area contributed by atoms with Crippen molar-refractivity contribution in [1.82, 2.24) is 29.1 Å². The molecule has 170 valence electrons. The Morgan fingerprint density at radius 1 is 1.09 bits per heavy atom. The summed E-state index contributed by atoms with van der Waals surface area (Å²) in [6.45, 7) is 1.96. The highest BCUT2D eigenvalue weighted by Gasteiger charge is 2.24. The normalized spacial score (nSPS) is 14.1. The second kappa shape index (κ2) is 8.49. The first-order chi connectivity index (χ1) is 16.7. The number of rotatable bonds is 5. The molecular formula is C25H23N7OS. The third kappa shape index (κ3) is 3.67. The van der Waals surface area contributed by atoms with Crippen LogP contribution in [-0.4, -0.2) is 29.1 Å². The van der Waals surface area contributed by atoms with E-state index in [9.17, 15) is 4.79 Å². The molecule has 5 aromatic rings. The molecule has 1 N–H and O–H groups in total. The fourth-order valence-electron chi connectivity index (χ4n) is 4.68. The van der Waals surface area contributed by atoms with E-state index in [0.29, 0.717) is 17.2 Å². The molecule has 1 aliphatic rings. The number of aryl methyl sites for hydroxylation is 1. The number of imidazole rings is 1. The molecule has 34 heavy (non-hydrogen) atoms. The highest BCUT2D eigenvalue weighted by atomic mass is 32.1. The Bertz CT molecular complexity index is 1500. The number of thiazole rings is 1. The molecule has 1 saturated carbocycles. The van der Waals surface area contributed by atoms with Gasteiger partial charge < -0.3 is 9.88 Å². The summed E-state index contributed by atoms with van der Waals surface area (Å²) in [6, 6.07) is 10.0. The van der Waals surface area contributed by atoms with E-state index in [2.05, 4.69) is 15.3 Å². The third-order valence-electron chi connectivity index (χ3n) is 6.36. The zero-order valence-electron chi connectivity index (χ0n) is 18.7. The van der Waals surface area contributed by atoms with Gasteiger partial charge in [0.05, 0.1) is 17.6 Å². The lowest BCUT2D eigenvalue weighted by molar-refractivity contribution is 0.516. The molecule has 0 aliphatic heterocycles. The fourth-order valence-corrected chi connectivity index (χ4v) is 5.32. The van der Waals surface area contributed by atoms with Gasteiger partial charge in [0.15, 0.2) is 0 Å². The van der Waals surface area contributed by atoms with Gasteiger partial charge in [-0.05, 0) is 50.1 Å². The van der Waals surface area contributed by atoms with E-state index >= 15 is 0 Å². The van der Waals surface area contributed by atoms with E-state index in [-0.39, 0.29) is 11.6 Å². The maximum absolute atomic E-state index is 13.6. The lowest BCUT2D eigenvalue weighted by Crippen LogP contribution is -2.26. The zero-order chi connectivity index (χ0) is 23.1. The van der Waals surface area contributed by atoms with E-state index in [1.54, 1.807) is 18.7 Å². The topological polar surface area (TPSA) is 90.5 Å². The van der Waals surface area contributed by atoms with Crippen LogP contribution in [0.15, 0.2) is 65.4 Å². The summed E-state index contributed by atoms with van der Waals surface area (Å²) in [6.07, 6.45) is 11.4. The second-order valence-corrected chi connectivity index (χ2v) is 9.42. The van der Waals surface area contributed by atoms with Gasteiger partial charge in [-0.1, -0.05) is 12.8 Å². The van der Waals surface area contributed by atoms with Gasteiger partial charge in [-0.3, -0.25) is 9.36 Å². The average Bonchev–Trinajstić information content (AvgIpc) is 3.63.